The molecular formula is C17H14N2O2. The van der Waals surface area contributed by atoms with Crippen molar-refractivity contribution in [3.63, 3.8) is 0 Å². The average Bonchev–Trinajstić information content (AvgIpc) is 3.23. The lowest BCUT2D eigenvalue weighted by molar-refractivity contribution is 0.0370. The Morgan fingerprint density at radius 2 is 1.48 bits per heavy atom. The summed E-state index contributed by atoms with van der Waals surface area (Å²) in [7, 11) is 0. The molecule has 104 valence electrons. The summed E-state index contributed by atoms with van der Waals surface area (Å²) < 4.78 is 0. The number of aryl methyl sites for hydroxylation is 1. The van der Waals surface area contributed by atoms with E-state index in [2.05, 4.69) is 12.1 Å². The lowest BCUT2D eigenvalue weighted by atomic mass is 10.1. The third kappa shape index (κ3) is 1.80. The van der Waals surface area contributed by atoms with E-state index in [-0.39, 0.29) is 17.9 Å². The molecule has 0 saturated carbocycles. The van der Waals surface area contributed by atoms with Gasteiger partial charge in [0.1, 0.15) is 0 Å². The number of imide groups is 1. The second kappa shape index (κ2) is 4.27. The molecule has 0 aromatic heterocycles. The van der Waals surface area contributed by atoms with Crippen LogP contribution in [0.5, 0.6) is 0 Å². The molecule has 0 N–H and O–H groups in total. The van der Waals surface area contributed by atoms with Crippen molar-refractivity contribution in [1.29, 1.82) is 0 Å². The van der Waals surface area contributed by atoms with Crippen LogP contribution in [0.4, 0.5) is 0 Å². The van der Waals surface area contributed by atoms with Crippen LogP contribution < -0.4 is 0 Å². The Morgan fingerprint density at radius 1 is 0.905 bits per heavy atom. The molecule has 2 unspecified atom stereocenters. The molecule has 2 aromatic carbocycles. The van der Waals surface area contributed by atoms with Crippen LogP contribution >= 0.6 is 0 Å². The highest BCUT2D eigenvalue weighted by Crippen LogP contribution is 2.40. The van der Waals surface area contributed by atoms with Gasteiger partial charge in [0.05, 0.1) is 17.2 Å². The summed E-state index contributed by atoms with van der Waals surface area (Å²) in [6.07, 6.45) is 0. The molecule has 0 aliphatic carbocycles. The minimum absolute atomic E-state index is 0.118. The van der Waals surface area contributed by atoms with Crippen molar-refractivity contribution in [3.05, 3.63) is 70.8 Å². The van der Waals surface area contributed by atoms with Crippen molar-refractivity contribution in [2.75, 3.05) is 6.54 Å². The van der Waals surface area contributed by atoms with Gasteiger partial charge in [-0.3, -0.25) is 9.59 Å². The third-order valence-electron chi connectivity index (χ3n) is 4.08. The number of hydrogen-bond acceptors (Lipinski definition) is 3. The molecule has 0 radical (unpaired) electrons. The number of hydrogen-bond donors (Lipinski definition) is 0. The van der Waals surface area contributed by atoms with Crippen LogP contribution in [-0.4, -0.2) is 28.4 Å². The molecule has 2 atom stereocenters. The van der Waals surface area contributed by atoms with E-state index < -0.39 is 0 Å². The van der Waals surface area contributed by atoms with Gasteiger partial charge >= 0.3 is 0 Å². The number of carbonyl (C=O) groups is 2. The number of amides is 2. The van der Waals surface area contributed by atoms with E-state index in [0.29, 0.717) is 17.7 Å². The predicted molar refractivity (Wildman–Crippen MR) is 77.6 cm³/mol. The highest BCUT2D eigenvalue weighted by atomic mass is 16.2. The van der Waals surface area contributed by atoms with Crippen LogP contribution in [-0.2, 0) is 0 Å². The Bertz CT molecular complexity index is 717. The first-order valence-electron chi connectivity index (χ1n) is 6.98. The number of benzene rings is 2. The van der Waals surface area contributed by atoms with Gasteiger partial charge in [-0.1, -0.05) is 42.0 Å². The van der Waals surface area contributed by atoms with Crippen LogP contribution in [0, 0.1) is 6.92 Å². The minimum atomic E-state index is -0.217. The molecule has 4 nitrogen and oxygen atoms in total. The summed E-state index contributed by atoms with van der Waals surface area (Å²) in [5.74, 6) is -0.435. The highest BCUT2D eigenvalue weighted by Gasteiger charge is 2.49. The fourth-order valence-electron chi connectivity index (χ4n) is 2.83. The standard InChI is InChI=1S/C17H14N2O2/c1-11-6-8-12(9-7-11)15-10-18(15)19-16(20)13-4-2-3-5-14(13)17(19)21/h2-9,15H,10H2,1H3. The maximum atomic E-state index is 12.4. The van der Waals surface area contributed by atoms with Crippen molar-refractivity contribution >= 4 is 11.8 Å². The van der Waals surface area contributed by atoms with Crippen molar-refractivity contribution in [1.82, 2.24) is 10.0 Å². The van der Waals surface area contributed by atoms with Crippen LogP contribution in [0.1, 0.15) is 37.9 Å². The molecular weight excluding hydrogens is 264 g/mol. The zero-order valence-corrected chi connectivity index (χ0v) is 11.6. The van der Waals surface area contributed by atoms with Gasteiger partial charge < -0.3 is 0 Å². The van der Waals surface area contributed by atoms with Gasteiger partial charge in [0.2, 0.25) is 0 Å². The third-order valence-corrected chi connectivity index (χ3v) is 4.08. The zero-order chi connectivity index (χ0) is 14.6. The van der Waals surface area contributed by atoms with Crippen LogP contribution in [0.3, 0.4) is 0 Å². The maximum absolute atomic E-state index is 12.4. The fraction of sp³-hybridized carbons (Fsp3) is 0.176. The van der Waals surface area contributed by atoms with E-state index in [1.165, 1.54) is 10.6 Å². The normalized spacial score (nSPS) is 23.4. The molecule has 2 heterocycles. The van der Waals surface area contributed by atoms with Crippen molar-refractivity contribution in [2.45, 2.75) is 13.0 Å². The summed E-state index contributed by atoms with van der Waals surface area (Å²) in [5, 5.41) is 3.12. The van der Waals surface area contributed by atoms with Gasteiger partial charge in [-0.25, -0.2) is 5.01 Å². The molecule has 1 fully saturated rings. The monoisotopic (exact) mass is 278 g/mol. The molecule has 2 aliphatic rings. The van der Waals surface area contributed by atoms with Gasteiger partial charge in [-0.15, -0.1) is 0 Å². The second-order valence-electron chi connectivity index (χ2n) is 5.52. The number of fused-ring (bicyclic) bond motifs is 1. The summed E-state index contributed by atoms with van der Waals surface area (Å²) in [6.45, 7) is 2.74. The van der Waals surface area contributed by atoms with Crippen LogP contribution in [0.25, 0.3) is 0 Å². The predicted octanol–water partition coefficient (Wildman–Crippen LogP) is 2.56. The van der Waals surface area contributed by atoms with Crippen molar-refractivity contribution in [3.8, 4) is 0 Å². The lowest BCUT2D eigenvalue weighted by Crippen LogP contribution is -2.35. The van der Waals surface area contributed by atoms with Gasteiger partial charge in [0, 0.05) is 6.54 Å². The van der Waals surface area contributed by atoms with E-state index in [9.17, 15) is 9.59 Å². The van der Waals surface area contributed by atoms with Crippen LogP contribution in [0.15, 0.2) is 48.5 Å². The summed E-state index contributed by atoms with van der Waals surface area (Å²) in [4.78, 5) is 24.8. The largest absolute Gasteiger partial charge is 0.276 e. The Labute approximate surface area is 122 Å². The Kier molecular flexibility index (Phi) is 2.50. The number of nitrogens with zero attached hydrogens (tertiary/aromatic N) is 2. The summed E-state index contributed by atoms with van der Waals surface area (Å²) in [6, 6.07) is 15.3. The minimum Gasteiger partial charge on any atom is -0.267 e. The van der Waals surface area contributed by atoms with Crippen molar-refractivity contribution < 1.29 is 9.59 Å². The van der Waals surface area contributed by atoms with E-state index in [1.807, 2.05) is 24.1 Å². The van der Waals surface area contributed by atoms with E-state index >= 15 is 0 Å². The molecule has 2 aliphatic heterocycles. The first kappa shape index (κ1) is 12.3. The molecule has 0 spiro atoms. The van der Waals surface area contributed by atoms with Gasteiger partial charge in [0.15, 0.2) is 0 Å². The summed E-state index contributed by atoms with van der Waals surface area (Å²) >= 11 is 0. The van der Waals surface area contributed by atoms with E-state index in [0.717, 1.165) is 5.56 Å². The lowest BCUT2D eigenvalue weighted by Gasteiger charge is -2.15. The van der Waals surface area contributed by atoms with Crippen molar-refractivity contribution in [2.24, 2.45) is 0 Å². The molecule has 2 aromatic rings. The number of hydrazine groups is 1. The smallest absolute Gasteiger partial charge is 0.267 e. The van der Waals surface area contributed by atoms with Gasteiger partial charge in [-0.05, 0) is 24.6 Å². The van der Waals surface area contributed by atoms with E-state index in [4.69, 9.17) is 0 Å². The molecule has 0 bridgehead atoms. The Balaban J connectivity index is 1.61. The number of rotatable bonds is 2. The summed E-state index contributed by atoms with van der Waals surface area (Å²) in [5.41, 5.74) is 3.33. The van der Waals surface area contributed by atoms with E-state index in [1.54, 1.807) is 24.3 Å². The second-order valence-corrected chi connectivity index (χ2v) is 5.52. The quantitative estimate of drug-likeness (QED) is 0.626. The zero-order valence-electron chi connectivity index (χ0n) is 11.6. The fourth-order valence-corrected chi connectivity index (χ4v) is 2.83. The average molecular weight is 278 g/mol. The molecule has 1 saturated heterocycles. The topological polar surface area (TPSA) is 40.4 Å². The molecule has 4 heteroatoms. The highest BCUT2D eigenvalue weighted by molar-refractivity contribution is 6.21. The van der Waals surface area contributed by atoms with Crippen LogP contribution in [0.2, 0.25) is 0 Å². The maximum Gasteiger partial charge on any atom is 0.276 e. The number of carbonyl (C=O) groups excluding carboxylic acids is 2. The van der Waals surface area contributed by atoms with Gasteiger partial charge in [-0.2, -0.15) is 5.01 Å². The molecule has 21 heavy (non-hydrogen) atoms. The first-order chi connectivity index (χ1) is 10.2. The molecule has 2 amide bonds. The Hall–Kier alpha value is -2.46. The Morgan fingerprint density at radius 3 is 2.05 bits per heavy atom. The molecule has 4 rings (SSSR count). The SMILES string of the molecule is Cc1ccc(C2CN2N2C(=O)c3ccccc3C2=O)cc1. The first-order valence-corrected chi connectivity index (χ1v) is 6.98. The van der Waals surface area contributed by atoms with Gasteiger partial charge in [0.25, 0.3) is 11.8 Å².